The number of benzene rings is 1. The molecule has 1 unspecified atom stereocenters. The third kappa shape index (κ3) is 5.02. The summed E-state index contributed by atoms with van der Waals surface area (Å²) in [5.41, 5.74) is 0.849. The first-order chi connectivity index (χ1) is 8.17. The van der Waals surface area contributed by atoms with Gasteiger partial charge in [-0.05, 0) is 18.4 Å². The zero-order valence-electron chi connectivity index (χ0n) is 9.97. The molecular weight excluding hydrogens is 254 g/mol. The molecule has 1 aromatic carbocycles. The Morgan fingerprint density at radius 2 is 2.18 bits per heavy atom. The molecule has 3 nitrogen and oxygen atoms in total. The Bertz CT molecular complexity index is 371. The first-order valence-corrected chi connectivity index (χ1v) is 7.60. The van der Waals surface area contributed by atoms with Gasteiger partial charge in [-0.15, -0.1) is 23.5 Å². The van der Waals surface area contributed by atoms with Crippen LogP contribution in [0.3, 0.4) is 0 Å². The van der Waals surface area contributed by atoms with Crippen molar-refractivity contribution in [2.75, 3.05) is 23.9 Å². The molecule has 0 fully saturated rings. The van der Waals surface area contributed by atoms with E-state index < -0.39 is 0 Å². The van der Waals surface area contributed by atoms with Gasteiger partial charge >= 0.3 is 0 Å². The normalized spacial score (nSPS) is 12.2. The Morgan fingerprint density at radius 1 is 1.47 bits per heavy atom. The summed E-state index contributed by atoms with van der Waals surface area (Å²) < 4.78 is 0. The summed E-state index contributed by atoms with van der Waals surface area (Å²) in [6.07, 6.45) is 1.98. The maximum atomic E-state index is 11.7. The molecule has 0 radical (unpaired) electrons. The molecule has 0 aliphatic carbocycles. The van der Waals surface area contributed by atoms with Gasteiger partial charge in [-0.3, -0.25) is 4.79 Å². The molecule has 1 atom stereocenters. The predicted molar refractivity (Wildman–Crippen MR) is 75.9 cm³/mol. The van der Waals surface area contributed by atoms with Crippen LogP contribution in [0.2, 0.25) is 0 Å². The lowest BCUT2D eigenvalue weighted by Crippen LogP contribution is -2.17. The van der Waals surface area contributed by atoms with Crippen LogP contribution in [0.4, 0.5) is 5.69 Å². The number of thioether (sulfide) groups is 2. The smallest absolute Gasteiger partial charge is 0.234 e. The van der Waals surface area contributed by atoms with Crippen LogP contribution in [0.5, 0.6) is 0 Å². The molecular formula is C12H17NO2S2. The van der Waals surface area contributed by atoms with Crippen LogP contribution < -0.4 is 5.32 Å². The van der Waals surface area contributed by atoms with E-state index in [0.717, 1.165) is 10.6 Å². The number of aliphatic hydroxyl groups excluding tert-OH is 1. The number of hydrogen-bond donors (Lipinski definition) is 2. The molecule has 5 heteroatoms. The predicted octanol–water partition coefficient (Wildman–Crippen LogP) is 2.46. The summed E-state index contributed by atoms with van der Waals surface area (Å²) in [5, 5.41) is 11.8. The van der Waals surface area contributed by atoms with E-state index in [2.05, 4.69) is 5.32 Å². The highest BCUT2D eigenvalue weighted by molar-refractivity contribution is 8.00. The fourth-order valence-corrected chi connectivity index (χ4v) is 2.37. The molecule has 1 amide bonds. The number of carbonyl (C=O) groups excluding carboxylic acids is 1. The van der Waals surface area contributed by atoms with E-state index in [1.54, 1.807) is 11.8 Å². The lowest BCUT2D eigenvalue weighted by atomic mass is 10.3. The van der Waals surface area contributed by atoms with Crippen LogP contribution in [0.25, 0.3) is 0 Å². The van der Waals surface area contributed by atoms with Crippen LogP contribution in [0.15, 0.2) is 29.2 Å². The van der Waals surface area contributed by atoms with Gasteiger partial charge in [0.25, 0.3) is 0 Å². The summed E-state index contributed by atoms with van der Waals surface area (Å²) in [4.78, 5) is 12.7. The van der Waals surface area contributed by atoms with Crippen molar-refractivity contribution in [3.63, 3.8) is 0 Å². The molecule has 1 aromatic rings. The number of aliphatic hydroxyl groups is 1. The standard InChI is InChI=1S/C12H17NO2S2/c1-9(7-14)17-8-12(15)13-10-5-3-4-6-11(10)16-2/h3-6,9,14H,7-8H2,1-2H3,(H,13,15). The molecule has 0 heterocycles. The highest BCUT2D eigenvalue weighted by atomic mass is 32.2. The number of amides is 1. The van der Waals surface area contributed by atoms with Gasteiger partial charge < -0.3 is 10.4 Å². The van der Waals surface area contributed by atoms with Gasteiger partial charge in [0.2, 0.25) is 5.91 Å². The monoisotopic (exact) mass is 271 g/mol. The lowest BCUT2D eigenvalue weighted by molar-refractivity contribution is -0.113. The number of rotatable bonds is 6. The van der Waals surface area contributed by atoms with Crippen LogP contribution in [-0.4, -0.2) is 34.9 Å². The van der Waals surface area contributed by atoms with Gasteiger partial charge in [0, 0.05) is 10.1 Å². The zero-order chi connectivity index (χ0) is 12.7. The highest BCUT2D eigenvalue weighted by Crippen LogP contribution is 2.24. The van der Waals surface area contributed by atoms with Crippen molar-refractivity contribution in [1.82, 2.24) is 0 Å². The van der Waals surface area contributed by atoms with Crippen molar-refractivity contribution >= 4 is 35.1 Å². The van der Waals surface area contributed by atoms with E-state index in [1.165, 1.54) is 11.8 Å². The second-order valence-corrected chi connectivity index (χ2v) is 5.83. The van der Waals surface area contributed by atoms with E-state index in [9.17, 15) is 4.79 Å². The minimum absolute atomic E-state index is 0.0307. The van der Waals surface area contributed by atoms with E-state index >= 15 is 0 Å². The third-order valence-electron chi connectivity index (χ3n) is 2.14. The quantitative estimate of drug-likeness (QED) is 0.780. The topological polar surface area (TPSA) is 49.3 Å². The summed E-state index contributed by atoms with van der Waals surface area (Å²) in [6.45, 7) is 1.99. The average Bonchev–Trinajstić information content (AvgIpc) is 2.36. The second kappa shape index (κ2) is 7.63. The minimum atomic E-state index is -0.0307. The fourth-order valence-electron chi connectivity index (χ4n) is 1.20. The average molecular weight is 271 g/mol. The first-order valence-electron chi connectivity index (χ1n) is 5.32. The van der Waals surface area contributed by atoms with Gasteiger partial charge in [-0.25, -0.2) is 0 Å². The van der Waals surface area contributed by atoms with Gasteiger partial charge in [0.15, 0.2) is 0 Å². The van der Waals surface area contributed by atoms with Crippen LogP contribution in [-0.2, 0) is 4.79 Å². The molecule has 17 heavy (non-hydrogen) atoms. The minimum Gasteiger partial charge on any atom is -0.395 e. The maximum absolute atomic E-state index is 11.7. The van der Waals surface area contributed by atoms with E-state index in [4.69, 9.17) is 5.11 Å². The SMILES string of the molecule is CSc1ccccc1NC(=O)CSC(C)CO. The molecule has 0 aliphatic rings. The van der Waals surface area contributed by atoms with Crippen LogP contribution in [0.1, 0.15) is 6.92 Å². The van der Waals surface area contributed by atoms with E-state index in [0.29, 0.717) is 5.75 Å². The summed E-state index contributed by atoms with van der Waals surface area (Å²) in [7, 11) is 0. The van der Waals surface area contributed by atoms with Gasteiger partial charge in [0.05, 0.1) is 18.0 Å². The molecule has 0 aliphatic heterocycles. The zero-order valence-corrected chi connectivity index (χ0v) is 11.6. The summed E-state index contributed by atoms with van der Waals surface area (Å²) in [6, 6.07) is 7.72. The van der Waals surface area contributed by atoms with Gasteiger partial charge in [0.1, 0.15) is 0 Å². The third-order valence-corrected chi connectivity index (χ3v) is 4.08. The van der Waals surface area contributed by atoms with Crippen molar-refractivity contribution < 1.29 is 9.90 Å². The maximum Gasteiger partial charge on any atom is 0.234 e. The fraction of sp³-hybridized carbons (Fsp3) is 0.417. The van der Waals surface area contributed by atoms with E-state index in [1.807, 2.05) is 37.4 Å². The molecule has 2 N–H and O–H groups in total. The largest absolute Gasteiger partial charge is 0.395 e. The second-order valence-electron chi connectivity index (χ2n) is 3.55. The Hall–Kier alpha value is -0.650. The first kappa shape index (κ1) is 14.4. The highest BCUT2D eigenvalue weighted by Gasteiger charge is 2.08. The molecule has 0 aromatic heterocycles. The van der Waals surface area contributed by atoms with E-state index in [-0.39, 0.29) is 17.8 Å². The molecule has 1 rings (SSSR count). The van der Waals surface area contributed by atoms with Crippen LogP contribution >= 0.6 is 23.5 Å². The van der Waals surface area contributed by atoms with Crippen molar-refractivity contribution in [1.29, 1.82) is 0 Å². The van der Waals surface area contributed by atoms with Crippen molar-refractivity contribution in [3.05, 3.63) is 24.3 Å². The molecule has 0 saturated carbocycles. The Kier molecular flexibility index (Phi) is 6.47. The lowest BCUT2D eigenvalue weighted by Gasteiger charge is -2.10. The summed E-state index contributed by atoms with van der Waals surface area (Å²) >= 11 is 3.05. The van der Waals surface area contributed by atoms with Crippen molar-refractivity contribution in [2.45, 2.75) is 17.1 Å². The summed E-state index contributed by atoms with van der Waals surface area (Å²) in [5.74, 6) is 0.335. The van der Waals surface area contributed by atoms with Gasteiger partial charge in [-0.1, -0.05) is 19.1 Å². The van der Waals surface area contributed by atoms with Crippen molar-refractivity contribution in [3.8, 4) is 0 Å². The molecule has 0 spiro atoms. The Labute approximate surface area is 110 Å². The molecule has 94 valence electrons. The molecule has 0 saturated heterocycles. The number of hydrogen-bond acceptors (Lipinski definition) is 4. The Morgan fingerprint density at radius 3 is 2.82 bits per heavy atom. The Balaban J connectivity index is 2.50. The number of anilines is 1. The van der Waals surface area contributed by atoms with Crippen LogP contribution in [0, 0.1) is 0 Å². The number of carbonyl (C=O) groups is 1. The number of nitrogens with one attached hydrogen (secondary N) is 1. The molecule has 0 bridgehead atoms. The van der Waals surface area contributed by atoms with Crippen molar-refractivity contribution in [2.24, 2.45) is 0 Å². The number of para-hydroxylation sites is 1. The van der Waals surface area contributed by atoms with Gasteiger partial charge in [-0.2, -0.15) is 0 Å².